The number of aliphatic carboxylic acids is 1. The number of amides is 1. The highest BCUT2D eigenvalue weighted by molar-refractivity contribution is 7.09. The predicted octanol–water partition coefficient (Wildman–Crippen LogP) is 3.41. The molecular weight excluding hydrogens is 437 g/mol. The number of carboxylic acids is 1. The number of nitrogens with zero attached hydrogens (tertiary/aromatic N) is 1. The van der Waals surface area contributed by atoms with Gasteiger partial charge in [-0.2, -0.15) is 13.2 Å². The fraction of sp³-hybridized carbons (Fsp3) is 0.500. The van der Waals surface area contributed by atoms with E-state index in [2.05, 4.69) is 10.2 Å². The standard InChI is InChI=1S/C18H22N2O3S.C2HF3O2/c21-18(19-10-14-2-1-9-24-14)17-4-3-15-16(23-17)5-7-20(15)11-13-6-8-22-12-13;3-2(4,5)1(6)7/h1-2,6,8-9,12,15-17H,3-5,7,10-11H2,(H,19,21);(H,6,7)/t15-,16-,17-;/m1./s1. The Morgan fingerprint density at radius 1 is 1.26 bits per heavy atom. The molecule has 4 rings (SSSR count). The molecule has 0 radical (unpaired) electrons. The number of rotatable bonds is 5. The molecule has 2 aromatic rings. The van der Waals surface area contributed by atoms with E-state index in [1.807, 2.05) is 23.6 Å². The van der Waals surface area contributed by atoms with Gasteiger partial charge in [-0.1, -0.05) is 6.07 Å². The highest BCUT2D eigenvalue weighted by atomic mass is 32.1. The van der Waals surface area contributed by atoms with Crippen LogP contribution in [0.15, 0.2) is 40.5 Å². The van der Waals surface area contributed by atoms with Gasteiger partial charge in [0.1, 0.15) is 6.10 Å². The highest BCUT2D eigenvalue weighted by Crippen LogP contribution is 2.32. The van der Waals surface area contributed by atoms with Gasteiger partial charge in [-0.05, 0) is 36.8 Å². The van der Waals surface area contributed by atoms with Gasteiger partial charge in [0.15, 0.2) is 0 Å². The van der Waals surface area contributed by atoms with Crippen LogP contribution in [0.2, 0.25) is 0 Å². The molecule has 2 aromatic heterocycles. The monoisotopic (exact) mass is 460 g/mol. The summed E-state index contributed by atoms with van der Waals surface area (Å²) < 4.78 is 43.0. The van der Waals surface area contributed by atoms with Crippen molar-refractivity contribution in [1.29, 1.82) is 0 Å². The molecule has 0 spiro atoms. The van der Waals surface area contributed by atoms with E-state index in [0.717, 1.165) is 32.4 Å². The number of carboxylic acid groups (broad SMARTS) is 1. The van der Waals surface area contributed by atoms with Crippen LogP contribution < -0.4 is 5.32 Å². The van der Waals surface area contributed by atoms with Crippen LogP contribution in [0.5, 0.6) is 0 Å². The van der Waals surface area contributed by atoms with Gasteiger partial charge in [-0.3, -0.25) is 9.69 Å². The van der Waals surface area contributed by atoms with Gasteiger partial charge in [0.2, 0.25) is 5.91 Å². The number of ether oxygens (including phenoxy) is 1. The van der Waals surface area contributed by atoms with Crippen molar-refractivity contribution in [3.8, 4) is 0 Å². The van der Waals surface area contributed by atoms with Gasteiger partial charge in [0.25, 0.3) is 0 Å². The quantitative estimate of drug-likeness (QED) is 0.711. The van der Waals surface area contributed by atoms with E-state index in [-0.39, 0.29) is 18.1 Å². The van der Waals surface area contributed by atoms with E-state index in [0.29, 0.717) is 12.6 Å². The van der Waals surface area contributed by atoms with Crippen LogP contribution in [0, 0.1) is 0 Å². The Balaban J connectivity index is 0.000000339. The third-order valence-electron chi connectivity index (χ3n) is 5.18. The summed E-state index contributed by atoms with van der Waals surface area (Å²) in [5.74, 6) is -2.73. The number of hydrogen-bond donors (Lipinski definition) is 2. The SMILES string of the molecule is O=C(NCc1cccs1)[C@H]1CC[C@@H]2[C@@H](CCN2Cc2ccoc2)O1.O=C(O)C(F)(F)F. The Bertz CT molecular complexity index is 842. The molecule has 2 aliphatic heterocycles. The van der Waals surface area contributed by atoms with Crippen LogP contribution in [-0.2, 0) is 27.4 Å². The number of fused-ring (bicyclic) bond motifs is 1. The Hall–Kier alpha value is -2.37. The lowest BCUT2D eigenvalue weighted by Gasteiger charge is -2.35. The second-order valence-corrected chi connectivity index (χ2v) is 8.33. The molecule has 7 nitrogen and oxygen atoms in total. The first-order valence-electron chi connectivity index (χ1n) is 9.75. The number of alkyl halides is 3. The topological polar surface area (TPSA) is 92.0 Å². The zero-order chi connectivity index (χ0) is 22.4. The molecule has 2 N–H and O–H groups in total. The van der Waals surface area contributed by atoms with E-state index < -0.39 is 12.1 Å². The van der Waals surface area contributed by atoms with Gasteiger partial charge in [-0.25, -0.2) is 4.79 Å². The second kappa shape index (κ2) is 10.3. The fourth-order valence-corrected chi connectivity index (χ4v) is 4.37. The molecule has 31 heavy (non-hydrogen) atoms. The van der Waals surface area contributed by atoms with Crippen molar-refractivity contribution in [3.05, 3.63) is 46.5 Å². The summed E-state index contributed by atoms with van der Waals surface area (Å²) in [6, 6.07) is 6.47. The van der Waals surface area contributed by atoms with Crippen LogP contribution in [0.3, 0.4) is 0 Å². The van der Waals surface area contributed by atoms with Gasteiger partial charge in [-0.15, -0.1) is 11.3 Å². The van der Waals surface area contributed by atoms with E-state index in [1.165, 1.54) is 10.4 Å². The number of furan rings is 1. The zero-order valence-electron chi connectivity index (χ0n) is 16.5. The average Bonchev–Trinajstić information content (AvgIpc) is 3.49. The third kappa shape index (κ3) is 6.55. The molecule has 4 heterocycles. The molecule has 3 atom stereocenters. The Labute approximate surface area is 180 Å². The number of nitrogens with one attached hydrogen (secondary N) is 1. The Kier molecular flexibility index (Phi) is 7.74. The van der Waals surface area contributed by atoms with Crippen LogP contribution in [0.4, 0.5) is 13.2 Å². The maximum atomic E-state index is 12.4. The summed E-state index contributed by atoms with van der Waals surface area (Å²) in [5.41, 5.74) is 1.20. The minimum Gasteiger partial charge on any atom is -0.475 e. The largest absolute Gasteiger partial charge is 0.490 e. The second-order valence-electron chi connectivity index (χ2n) is 7.30. The number of likely N-dealkylation sites (tertiary alicyclic amines) is 1. The van der Waals surface area contributed by atoms with Crippen molar-refractivity contribution in [2.24, 2.45) is 0 Å². The lowest BCUT2D eigenvalue weighted by atomic mass is 9.98. The van der Waals surface area contributed by atoms with Crippen LogP contribution in [-0.4, -0.2) is 52.9 Å². The van der Waals surface area contributed by atoms with E-state index in [9.17, 15) is 18.0 Å². The van der Waals surface area contributed by atoms with Gasteiger partial charge in [0.05, 0.1) is 25.2 Å². The van der Waals surface area contributed by atoms with E-state index in [1.54, 1.807) is 23.9 Å². The summed E-state index contributed by atoms with van der Waals surface area (Å²) >= 11 is 1.66. The Morgan fingerprint density at radius 3 is 2.65 bits per heavy atom. The summed E-state index contributed by atoms with van der Waals surface area (Å²) in [6.45, 7) is 2.51. The minimum absolute atomic E-state index is 0.0233. The summed E-state index contributed by atoms with van der Waals surface area (Å²) in [7, 11) is 0. The number of carbonyl (C=O) groups excluding carboxylic acids is 1. The average molecular weight is 460 g/mol. The van der Waals surface area contributed by atoms with Crippen LogP contribution in [0.1, 0.15) is 29.7 Å². The predicted molar refractivity (Wildman–Crippen MR) is 105 cm³/mol. The molecule has 2 fully saturated rings. The smallest absolute Gasteiger partial charge is 0.475 e. The van der Waals surface area contributed by atoms with Crippen LogP contribution >= 0.6 is 11.3 Å². The lowest BCUT2D eigenvalue weighted by molar-refractivity contribution is -0.192. The van der Waals surface area contributed by atoms with Crippen LogP contribution in [0.25, 0.3) is 0 Å². The number of carbonyl (C=O) groups is 2. The third-order valence-corrected chi connectivity index (χ3v) is 6.06. The van der Waals surface area contributed by atoms with E-state index in [4.69, 9.17) is 19.1 Å². The van der Waals surface area contributed by atoms with E-state index >= 15 is 0 Å². The molecule has 11 heteroatoms. The molecule has 2 aliphatic rings. The first-order valence-corrected chi connectivity index (χ1v) is 10.6. The molecular formula is C20H23F3N2O5S. The minimum atomic E-state index is -5.08. The molecule has 2 saturated heterocycles. The van der Waals surface area contributed by atoms with Crippen molar-refractivity contribution in [2.75, 3.05) is 6.54 Å². The zero-order valence-corrected chi connectivity index (χ0v) is 17.3. The van der Waals surface area contributed by atoms with Crippen molar-refractivity contribution in [3.63, 3.8) is 0 Å². The molecule has 0 bridgehead atoms. The molecule has 0 aromatic carbocycles. The molecule has 0 aliphatic carbocycles. The molecule has 0 saturated carbocycles. The van der Waals surface area contributed by atoms with Gasteiger partial charge < -0.3 is 19.6 Å². The fourth-order valence-electron chi connectivity index (χ4n) is 3.72. The molecule has 0 unspecified atom stereocenters. The van der Waals surface area contributed by atoms with Crippen molar-refractivity contribution in [1.82, 2.24) is 10.2 Å². The maximum Gasteiger partial charge on any atom is 0.490 e. The summed E-state index contributed by atoms with van der Waals surface area (Å²) in [5, 5.41) is 12.2. The van der Waals surface area contributed by atoms with Gasteiger partial charge in [0, 0.05) is 29.6 Å². The molecule has 1 amide bonds. The van der Waals surface area contributed by atoms with Crippen molar-refractivity contribution < 1.29 is 37.0 Å². The lowest BCUT2D eigenvalue weighted by Crippen LogP contribution is -2.47. The Morgan fingerprint density at radius 2 is 2.03 bits per heavy atom. The summed E-state index contributed by atoms with van der Waals surface area (Å²) in [6.07, 6.45) is 1.10. The number of hydrogen-bond acceptors (Lipinski definition) is 6. The normalized spacial score (nSPS) is 23.5. The van der Waals surface area contributed by atoms with Gasteiger partial charge >= 0.3 is 12.1 Å². The van der Waals surface area contributed by atoms with Crippen molar-refractivity contribution in [2.45, 2.75) is 56.8 Å². The summed E-state index contributed by atoms with van der Waals surface area (Å²) in [4.78, 5) is 24.9. The first kappa shape index (κ1) is 23.3. The van der Waals surface area contributed by atoms with Crippen molar-refractivity contribution >= 4 is 23.2 Å². The molecule has 170 valence electrons. The first-order chi connectivity index (χ1) is 14.7. The maximum absolute atomic E-state index is 12.4. The highest BCUT2D eigenvalue weighted by Gasteiger charge is 2.41. The number of thiophene rings is 1. The number of halogens is 3.